The maximum Gasteiger partial charge on any atom is 0.306 e. The van der Waals surface area contributed by atoms with Gasteiger partial charge in [0.15, 0.2) is 0 Å². The number of carboxylic acids is 1. The first-order chi connectivity index (χ1) is 10.0. The van der Waals surface area contributed by atoms with Gasteiger partial charge < -0.3 is 5.11 Å². The Hall–Kier alpha value is -2.70. The second-order valence-corrected chi connectivity index (χ2v) is 5.10. The second-order valence-electron chi connectivity index (χ2n) is 5.10. The van der Waals surface area contributed by atoms with Gasteiger partial charge in [0.1, 0.15) is 0 Å². The quantitative estimate of drug-likeness (QED) is 0.687. The number of rotatable bonds is 3. The minimum absolute atomic E-state index is 0.00406. The fourth-order valence-electron chi connectivity index (χ4n) is 2.60. The molecule has 3 rings (SSSR count). The van der Waals surface area contributed by atoms with E-state index >= 15 is 0 Å². The van der Waals surface area contributed by atoms with Gasteiger partial charge in [-0.25, -0.2) is 4.68 Å². The summed E-state index contributed by atoms with van der Waals surface area (Å²) in [7, 11) is 0. The predicted octanol–water partition coefficient (Wildman–Crippen LogP) is 1.97. The fraction of sp³-hybridized carbons (Fsp3) is 0.286. The lowest BCUT2D eigenvalue weighted by molar-refractivity contribution is -0.384. The minimum atomic E-state index is -0.788. The summed E-state index contributed by atoms with van der Waals surface area (Å²) < 4.78 is 1.59. The van der Waals surface area contributed by atoms with Crippen molar-refractivity contribution < 1.29 is 14.8 Å². The van der Waals surface area contributed by atoms with Crippen molar-refractivity contribution in [2.75, 3.05) is 0 Å². The summed E-state index contributed by atoms with van der Waals surface area (Å²) in [5.41, 5.74) is 2.38. The Bertz CT molecular complexity index is 723. The van der Waals surface area contributed by atoms with Gasteiger partial charge in [0.05, 0.1) is 22.2 Å². The standard InChI is InChI=1S/C14H13N3O4/c18-14(19)9-4-5-13-10(6-9)8-16(15-13)11-2-1-3-12(7-11)17(20)21/h1-3,7-9H,4-6H2,(H,18,19). The second kappa shape index (κ2) is 5.01. The number of non-ortho nitro benzene ring substituents is 1. The zero-order valence-electron chi connectivity index (χ0n) is 11.1. The number of aryl methyl sites for hydroxylation is 1. The smallest absolute Gasteiger partial charge is 0.306 e. The molecule has 0 fully saturated rings. The molecular weight excluding hydrogens is 274 g/mol. The van der Waals surface area contributed by atoms with E-state index in [1.165, 1.54) is 12.1 Å². The summed E-state index contributed by atoms with van der Waals surface area (Å²) >= 11 is 0. The van der Waals surface area contributed by atoms with Crippen LogP contribution in [0.25, 0.3) is 5.69 Å². The molecule has 1 aliphatic rings. The van der Waals surface area contributed by atoms with Gasteiger partial charge in [-0.1, -0.05) is 6.07 Å². The van der Waals surface area contributed by atoms with E-state index in [1.807, 2.05) is 0 Å². The molecule has 21 heavy (non-hydrogen) atoms. The highest BCUT2D eigenvalue weighted by Gasteiger charge is 2.26. The molecule has 1 unspecified atom stereocenters. The monoisotopic (exact) mass is 287 g/mol. The third-order valence-electron chi connectivity index (χ3n) is 3.73. The van der Waals surface area contributed by atoms with Crippen LogP contribution in [0, 0.1) is 16.0 Å². The highest BCUT2D eigenvalue weighted by Crippen LogP contribution is 2.26. The van der Waals surface area contributed by atoms with E-state index in [2.05, 4.69) is 5.10 Å². The maximum atomic E-state index is 11.1. The van der Waals surface area contributed by atoms with E-state index in [0.29, 0.717) is 24.9 Å². The van der Waals surface area contributed by atoms with E-state index in [4.69, 9.17) is 5.11 Å². The van der Waals surface area contributed by atoms with Crippen molar-refractivity contribution in [1.82, 2.24) is 9.78 Å². The van der Waals surface area contributed by atoms with Crippen LogP contribution in [0.1, 0.15) is 17.7 Å². The Morgan fingerprint density at radius 2 is 2.29 bits per heavy atom. The molecule has 0 aliphatic heterocycles. The van der Waals surface area contributed by atoms with Gasteiger partial charge in [-0.05, 0) is 30.9 Å². The van der Waals surface area contributed by atoms with Gasteiger partial charge in [0.25, 0.3) is 5.69 Å². The topological polar surface area (TPSA) is 98.3 Å². The molecule has 0 radical (unpaired) electrons. The molecule has 108 valence electrons. The number of nitro benzene ring substituents is 1. The number of benzene rings is 1. The van der Waals surface area contributed by atoms with E-state index < -0.39 is 10.9 Å². The predicted molar refractivity (Wildman–Crippen MR) is 73.4 cm³/mol. The molecule has 0 bridgehead atoms. The molecule has 1 aromatic heterocycles. The first-order valence-electron chi connectivity index (χ1n) is 6.59. The lowest BCUT2D eigenvalue weighted by Crippen LogP contribution is -2.21. The van der Waals surface area contributed by atoms with Crippen LogP contribution in [-0.4, -0.2) is 25.8 Å². The van der Waals surface area contributed by atoms with Gasteiger partial charge >= 0.3 is 5.97 Å². The summed E-state index contributed by atoms with van der Waals surface area (Å²) in [6.07, 6.45) is 3.42. The number of fused-ring (bicyclic) bond motifs is 1. The molecule has 0 saturated heterocycles. The lowest BCUT2D eigenvalue weighted by atomic mass is 9.88. The van der Waals surface area contributed by atoms with Crippen LogP contribution in [0.4, 0.5) is 5.69 Å². The number of nitro groups is 1. The molecule has 7 nitrogen and oxygen atoms in total. The molecule has 1 N–H and O–H groups in total. The molecule has 1 aliphatic carbocycles. The van der Waals surface area contributed by atoms with Gasteiger partial charge in [-0.3, -0.25) is 14.9 Å². The Balaban J connectivity index is 1.93. The van der Waals surface area contributed by atoms with Crippen LogP contribution < -0.4 is 0 Å². The van der Waals surface area contributed by atoms with Crippen LogP contribution in [0.5, 0.6) is 0 Å². The SMILES string of the molecule is O=C(O)C1CCc2nn(-c3cccc([N+](=O)[O-])c3)cc2C1. The zero-order valence-corrected chi connectivity index (χ0v) is 11.1. The summed E-state index contributed by atoms with van der Waals surface area (Å²) in [6.45, 7) is 0. The van der Waals surface area contributed by atoms with Crippen molar-refractivity contribution in [2.24, 2.45) is 5.92 Å². The zero-order chi connectivity index (χ0) is 15.0. The average molecular weight is 287 g/mol. The molecule has 1 heterocycles. The highest BCUT2D eigenvalue weighted by molar-refractivity contribution is 5.70. The van der Waals surface area contributed by atoms with E-state index in [1.54, 1.807) is 23.0 Å². The normalized spacial score (nSPS) is 17.2. The van der Waals surface area contributed by atoms with Crippen LogP contribution in [-0.2, 0) is 17.6 Å². The summed E-state index contributed by atoms with van der Waals surface area (Å²) in [5, 5.41) is 24.3. The molecule has 1 aromatic carbocycles. The number of aliphatic carboxylic acids is 1. The Morgan fingerprint density at radius 1 is 1.48 bits per heavy atom. The van der Waals surface area contributed by atoms with Gasteiger partial charge in [0, 0.05) is 18.3 Å². The van der Waals surface area contributed by atoms with Crippen LogP contribution in [0.2, 0.25) is 0 Å². The summed E-state index contributed by atoms with van der Waals surface area (Å²) in [4.78, 5) is 21.4. The number of carboxylic acid groups (broad SMARTS) is 1. The molecule has 0 saturated carbocycles. The van der Waals surface area contributed by atoms with Crippen LogP contribution in [0.15, 0.2) is 30.5 Å². The summed E-state index contributed by atoms with van der Waals surface area (Å²) in [6, 6.07) is 6.22. The largest absolute Gasteiger partial charge is 0.481 e. The Kier molecular flexibility index (Phi) is 3.17. The first kappa shape index (κ1) is 13.3. The third kappa shape index (κ3) is 2.49. The Morgan fingerprint density at radius 3 is 3.00 bits per heavy atom. The van der Waals surface area contributed by atoms with Crippen LogP contribution in [0.3, 0.4) is 0 Å². The van der Waals surface area contributed by atoms with Gasteiger partial charge in [-0.2, -0.15) is 5.10 Å². The van der Waals surface area contributed by atoms with E-state index in [0.717, 1.165) is 11.3 Å². The Labute approximate surface area is 120 Å². The maximum absolute atomic E-state index is 11.1. The number of carbonyl (C=O) groups is 1. The molecule has 7 heteroatoms. The van der Waals surface area contributed by atoms with E-state index in [9.17, 15) is 14.9 Å². The minimum Gasteiger partial charge on any atom is -0.481 e. The molecule has 2 aromatic rings. The molecule has 0 spiro atoms. The molecular formula is C14H13N3O4. The number of hydrogen-bond donors (Lipinski definition) is 1. The number of aromatic nitrogens is 2. The summed E-state index contributed by atoms with van der Waals surface area (Å²) in [5.74, 6) is -1.16. The van der Waals surface area contributed by atoms with Crippen molar-refractivity contribution in [3.63, 3.8) is 0 Å². The van der Waals surface area contributed by atoms with Gasteiger partial charge in [-0.15, -0.1) is 0 Å². The molecule has 0 amide bonds. The first-order valence-corrected chi connectivity index (χ1v) is 6.59. The number of nitrogens with zero attached hydrogens (tertiary/aromatic N) is 3. The average Bonchev–Trinajstić information content (AvgIpc) is 2.90. The van der Waals surface area contributed by atoms with Crippen molar-refractivity contribution >= 4 is 11.7 Å². The van der Waals surface area contributed by atoms with Gasteiger partial charge in [0.2, 0.25) is 0 Å². The highest BCUT2D eigenvalue weighted by atomic mass is 16.6. The van der Waals surface area contributed by atoms with Crippen molar-refractivity contribution in [3.8, 4) is 5.69 Å². The number of hydrogen-bond acceptors (Lipinski definition) is 4. The van der Waals surface area contributed by atoms with Crippen molar-refractivity contribution in [2.45, 2.75) is 19.3 Å². The third-order valence-corrected chi connectivity index (χ3v) is 3.73. The lowest BCUT2D eigenvalue weighted by Gasteiger charge is -2.16. The molecule has 1 atom stereocenters. The fourth-order valence-corrected chi connectivity index (χ4v) is 2.60. The van der Waals surface area contributed by atoms with Crippen molar-refractivity contribution in [1.29, 1.82) is 0 Å². The van der Waals surface area contributed by atoms with Crippen LogP contribution >= 0.6 is 0 Å². The van der Waals surface area contributed by atoms with E-state index in [-0.39, 0.29) is 11.6 Å². The van der Waals surface area contributed by atoms with Crippen molar-refractivity contribution in [3.05, 3.63) is 51.8 Å².